The molecule has 1 fully saturated rings. The third-order valence-corrected chi connectivity index (χ3v) is 6.13. The summed E-state index contributed by atoms with van der Waals surface area (Å²) in [6, 6.07) is 9.89. The van der Waals surface area contributed by atoms with Gasteiger partial charge in [-0.1, -0.05) is 6.07 Å². The molecule has 0 aliphatic carbocycles. The molecule has 0 amide bonds. The van der Waals surface area contributed by atoms with Crippen LogP contribution in [-0.2, 0) is 10.0 Å². The average Bonchev–Trinajstić information content (AvgIpc) is 2.68. The lowest BCUT2D eigenvalue weighted by Crippen LogP contribution is -2.41. The van der Waals surface area contributed by atoms with Gasteiger partial charge in [0, 0.05) is 48.5 Å². The molecule has 1 saturated heterocycles. The standard InChI is InChI=1S/C19H21N5O2S/c1-27(25,26)24-10-6-15(7-11-24)23-18-12-16-14(13-22-18)5-9-21-19(16)17-4-2-3-8-20-17/h2-5,8-9,12-13,15H,6-7,10-11H2,1H3,(H,22,23). The molecule has 27 heavy (non-hydrogen) atoms. The van der Waals surface area contributed by atoms with Crippen LogP contribution in [0.5, 0.6) is 0 Å². The van der Waals surface area contributed by atoms with Crippen molar-refractivity contribution in [3.8, 4) is 11.4 Å². The number of piperidine rings is 1. The van der Waals surface area contributed by atoms with Crippen molar-refractivity contribution < 1.29 is 8.42 Å². The van der Waals surface area contributed by atoms with Gasteiger partial charge in [0.2, 0.25) is 10.0 Å². The van der Waals surface area contributed by atoms with Crippen LogP contribution in [0, 0.1) is 0 Å². The first-order valence-corrected chi connectivity index (χ1v) is 10.7. The van der Waals surface area contributed by atoms with Crippen molar-refractivity contribution in [3.05, 3.63) is 48.9 Å². The maximum absolute atomic E-state index is 11.7. The van der Waals surface area contributed by atoms with Crippen molar-refractivity contribution in [1.82, 2.24) is 19.3 Å². The van der Waals surface area contributed by atoms with Crippen LogP contribution in [0.25, 0.3) is 22.2 Å². The topological polar surface area (TPSA) is 88.1 Å². The maximum Gasteiger partial charge on any atom is 0.211 e. The zero-order chi connectivity index (χ0) is 18.9. The Balaban J connectivity index is 1.57. The van der Waals surface area contributed by atoms with E-state index in [0.717, 1.165) is 40.8 Å². The largest absolute Gasteiger partial charge is 0.367 e. The zero-order valence-corrected chi connectivity index (χ0v) is 15.9. The van der Waals surface area contributed by atoms with Crippen LogP contribution < -0.4 is 5.32 Å². The molecule has 140 valence electrons. The van der Waals surface area contributed by atoms with E-state index in [1.165, 1.54) is 10.6 Å². The lowest BCUT2D eigenvalue weighted by Gasteiger charge is -2.30. The first-order chi connectivity index (χ1) is 13.0. The Hall–Kier alpha value is -2.58. The minimum atomic E-state index is -3.11. The summed E-state index contributed by atoms with van der Waals surface area (Å²) in [4.78, 5) is 13.4. The fourth-order valence-corrected chi connectivity index (χ4v) is 4.27. The monoisotopic (exact) mass is 383 g/mol. The Bertz CT molecular complexity index is 1050. The van der Waals surface area contributed by atoms with E-state index in [9.17, 15) is 8.42 Å². The van der Waals surface area contributed by atoms with Gasteiger partial charge >= 0.3 is 0 Å². The van der Waals surface area contributed by atoms with Crippen LogP contribution in [0.3, 0.4) is 0 Å². The predicted octanol–water partition coefficient (Wildman–Crippen LogP) is 2.53. The van der Waals surface area contributed by atoms with Gasteiger partial charge < -0.3 is 5.32 Å². The average molecular weight is 383 g/mol. The minimum Gasteiger partial charge on any atom is -0.367 e. The second kappa shape index (κ2) is 7.21. The highest BCUT2D eigenvalue weighted by Crippen LogP contribution is 2.27. The molecule has 3 aromatic heterocycles. The number of pyridine rings is 3. The van der Waals surface area contributed by atoms with E-state index < -0.39 is 10.0 Å². The molecule has 0 radical (unpaired) electrons. The molecule has 1 N–H and O–H groups in total. The number of fused-ring (bicyclic) bond motifs is 1. The fraction of sp³-hybridized carbons (Fsp3) is 0.316. The Labute approximate surface area is 158 Å². The first kappa shape index (κ1) is 17.8. The normalized spacial score (nSPS) is 16.5. The van der Waals surface area contributed by atoms with E-state index in [1.807, 2.05) is 36.5 Å². The van der Waals surface area contributed by atoms with Crippen molar-refractivity contribution in [1.29, 1.82) is 0 Å². The van der Waals surface area contributed by atoms with Gasteiger partial charge in [0.05, 0.1) is 17.6 Å². The zero-order valence-electron chi connectivity index (χ0n) is 15.0. The van der Waals surface area contributed by atoms with E-state index in [2.05, 4.69) is 20.3 Å². The van der Waals surface area contributed by atoms with Crippen molar-refractivity contribution in [2.45, 2.75) is 18.9 Å². The van der Waals surface area contributed by atoms with E-state index in [-0.39, 0.29) is 6.04 Å². The van der Waals surface area contributed by atoms with Crippen molar-refractivity contribution in [2.75, 3.05) is 24.7 Å². The van der Waals surface area contributed by atoms with Crippen LogP contribution >= 0.6 is 0 Å². The second-order valence-electron chi connectivity index (χ2n) is 6.75. The lowest BCUT2D eigenvalue weighted by molar-refractivity contribution is 0.331. The highest BCUT2D eigenvalue weighted by Gasteiger charge is 2.25. The van der Waals surface area contributed by atoms with Crippen LogP contribution in [0.2, 0.25) is 0 Å². The van der Waals surface area contributed by atoms with E-state index in [4.69, 9.17) is 0 Å². The van der Waals surface area contributed by atoms with Crippen molar-refractivity contribution in [3.63, 3.8) is 0 Å². The fourth-order valence-electron chi connectivity index (χ4n) is 3.39. The number of hydrogen-bond acceptors (Lipinski definition) is 6. The summed E-state index contributed by atoms with van der Waals surface area (Å²) < 4.78 is 24.8. The van der Waals surface area contributed by atoms with E-state index in [1.54, 1.807) is 12.4 Å². The molecule has 4 heterocycles. The lowest BCUT2D eigenvalue weighted by atomic mass is 10.1. The van der Waals surface area contributed by atoms with Gasteiger partial charge in [0.15, 0.2) is 0 Å². The number of hydrogen-bond donors (Lipinski definition) is 1. The highest BCUT2D eigenvalue weighted by atomic mass is 32.2. The number of aromatic nitrogens is 3. The van der Waals surface area contributed by atoms with Gasteiger partial charge in [-0.2, -0.15) is 0 Å². The van der Waals surface area contributed by atoms with Crippen LogP contribution in [0.1, 0.15) is 12.8 Å². The number of nitrogens with one attached hydrogen (secondary N) is 1. The quantitative estimate of drug-likeness (QED) is 0.745. The third kappa shape index (κ3) is 3.91. The molecule has 7 nitrogen and oxygen atoms in total. The van der Waals surface area contributed by atoms with Gasteiger partial charge in [0.1, 0.15) is 5.82 Å². The van der Waals surface area contributed by atoms with Gasteiger partial charge in [-0.15, -0.1) is 0 Å². The molecule has 0 aromatic carbocycles. The number of nitrogens with zero attached hydrogens (tertiary/aromatic N) is 4. The van der Waals surface area contributed by atoms with Crippen molar-refractivity contribution in [2.24, 2.45) is 0 Å². The molecular formula is C19H21N5O2S. The van der Waals surface area contributed by atoms with Crippen LogP contribution in [0.15, 0.2) is 48.9 Å². The second-order valence-corrected chi connectivity index (χ2v) is 8.73. The molecule has 0 unspecified atom stereocenters. The minimum absolute atomic E-state index is 0.197. The molecular weight excluding hydrogens is 362 g/mol. The number of anilines is 1. The molecule has 0 atom stereocenters. The number of rotatable bonds is 4. The number of sulfonamides is 1. The summed E-state index contributed by atoms with van der Waals surface area (Å²) >= 11 is 0. The molecule has 0 saturated carbocycles. The Morgan fingerprint density at radius 2 is 1.89 bits per heavy atom. The SMILES string of the molecule is CS(=O)(=O)N1CCC(Nc2cc3c(-c4ccccn4)nccc3cn2)CC1. The van der Waals surface area contributed by atoms with Gasteiger partial charge in [0.25, 0.3) is 0 Å². The maximum atomic E-state index is 11.7. The van der Waals surface area contributed by atoms with Crippen molar-refractivity contribution >= 4 is 26.6 Å². The summed E-state index contributed by atoms with van der Waals surface area (Å²) in [5.41, 5.74) is 1.65. The third-order valence-electron chi connectivity index (χ3n) is 4.83. The van der Waals surface area contributed by atoms with E-state index >= 15 is 0 Å². The molecule has 0 bridgehead atoms. The van der Waals surface area contributed by atoms with Crippen LogP contribution in [-0.4, -0.2) is 53.1 Å². The molecule has 1 aliphatic heterocycles. The molecule has 0 spiro atoms. The smallest absolute Gasteiger partial charge is 0.211 e. The molecule has 3 aromatic rings. The highest BCUT2D eigenvalue weighted by molar-refractivity contribution is 7.88. The summed E-state index contributed by atoms with van der Waals surface area (Å²) in [5.74, 6) is 0.769. The molecule has 4 rings (SSSR count). The predicted molar refractivity (Wildman–Crippen MR) is 106 cm³/mol. The molecule has 8 heteroatoms. The Morgan fingerprint density at radius 1 is 1.07 bits per heavy atom. The first-order valence-electron chi connectivity index (χ1n) is 8.88. The van der Waals surface area contributed by atoms with Crippen LogP contribution in [0.4, 0.5) is 5.82 Å². The van der Waals surface area contributed by atoms with Gasteiger partial charge in [-0.3, -0.25) is 9.97 Å². The van der Waals surface area contributed by atoms with E-state index in [0.29, 0.717) is 13.1 Å². The summed E-state index contributed by atoms with van der Waals surface area (Å²) in [5, 5.41) is 5.43. The summed E-state index contributed by atoms with van der Waals surface area (Å²) in [7, 11) is -3.11. The molecule has 1 aliphatic rings. The summed E-state index contributed by atoms with van der Waals surface area (Å²) in [6.07, 6.45) is 8.13. The Morgan fingerprint density at radius 3 is 2.59 bits per heavy atom. The van der Waals surface area contributed by atoms with Gasteiger partial charge in [-0.25, -0.2) is 17.7 Å². The summed E-state index contributed by atoms with van der Waals surface area (Å²) in [6.45, 7) is 1.07. The van der Waals surface area contributed by atoms with Gasteiger partial charge in [-0.05, 0) is 37.1 Å². The Kier molecular flexibility index (Phi) is 4.75.